The Morgan fingerprint density at radius 1 is 1.00 bits per heavy atom. The molecule has 1 nitrogen and oxygen atoms in total. The van der Waals surface area contributed by atoms with Gasteiger partial charge in [0.2, 0.25) is 0 Å². The van der Waals surface area contributed by atoms with Crippen molar-refractivity contribution < 1.29 is 4.74 Å². The monoisotopic (exact) mass is 130 g/mol. The summed E-state index contributed by atoms with van der Waals surface area (Å²) < 4.78 is 5.39. The van der Waals surface area contributed by atoms with Gasteiger partial charge in [-0.2, -0.15) is 0 Å². The zero-order valence-corrected chi connectivity index (χ0v) is 7.03. The van der Waals surface area contributed by atoms with Gasteiger partial charge in [-0.05, 0) is 19.3 Å². The van der Waals surface area contributed by atoms with E-state index in [1.807, 2.05) is 0 Å². The standard InChI is InChI=1S/C8H18O/c1-5-8(6-2,7-3)9-4/h5-7H2,1-4H3. The molecule has 0 rings (SSSR count). The van der Waals surface area contributed by atoms with Crippen LogP contribution in [-0.2, 0) is 4.74 Å². The topological polar surface area (TPSA) is 9.23 Å². The normalized spacial score (nSPS) is 12.0. The number of methoxy groups -OCH3 is 1. The highest BCUT2D eigenvalue weighted by Gasteiger charge is 2.21. The second kappa shape index (κ2) is 3.89. The fraction of sp³-hybridized carbons (Fsp3) is 1.00. The van der Waals surface area contributed by atoms with Crippen molar-refractivity contribution >= 4 is 0 Å². The van der Waals surface area contributed by atoms with Gasteiger partial charge in [-0.1, -0.05) is 20.8 Å². The van der Waals surface area contributed by atoms with Crippen molar-refractivity contribution in [3.63, 3.8) is 0 Å². The first-order valence-electron chi connectivity index (χ1n) is 3.79. The lowest BCUT2D eigenvalue weighted by molar-refractivity contribution is -0.0197. The summed E-state index contributed by atoms with van der Waals surface area (Å²) in [5.41, 5.74) is 0.167. The lowest BCUT2D eigenvalue weighted by Crippen LogP contribution is -2.28. The van der Waals surface area contributed by atoms with Crippen molar-refractivity contribution in [1.29, 1.82) is 0 Å². The highest BCUT2D eigenvalue weighted by atomic mass is 16.5. The van der Waals surface area contributed by atoms with Crippen LogP contribution in [0.15, 0.2) is 0 Å². The second-order valence-corrected chi connectivity index (χ2v) is 2.45. The van der Waals surface area contributed by atoms with Gasteiger partial charge in [-0.3, -0.25) is 0 Å². The molecule has 56 valence electrons. The van der Waals surface area contributed by atoms with Crippen LogP contribution in [0.25, 0.3) is 0 Å². The molecule has 0 aromatic carbocycles. The molecule has 0 N–H and O–H groups in total. The van der Waals surface area contributed by atoms with Crippen molar-refractivity contribution in [2.75, 3.05) is 7.11 Å². The largest absolute Gasteiger partial charge is 0.378 e. The summed E-state index contributed by atoms with van der Waals surface area (Å²) in [5, 5.41) is 0. The molecule has 0 aliphatic rings. The molecule has 0 aromatic heterocycles. The van der Waals surface area contributed by atoms with Gasteiger partial charge >= 0.3 is 0 Å². The molecule has 0 unspecified atom stereocenters. The first-order valence-corrected chi connectivity index (χ1v) is 3.79. The maximum Gasteiger partial charge on any atom is 0.0671 e. The van der Waals surface area contributed by atoms with E-state index in [0.717, 1.165) is 19.3 Å². The van der Waals surface area contributed by atoms with E-state index in [2.05, 4.69) is 20.8 Å². The number of ether oxygens (including phenoxy) is 1. The molecular weight excluding hydrogens is 112 g/mol. The second-order valence-electron chi connectivity index (χ2n) is 2.45. The third-order valence-electron chi connectivity index (χ3n) is 2.37. The van der Waals surface area contributed by atoms with E-state index < -0.39 is 0 Å². The van der Waals surface area contributed by atoms with Gasteiger partial charge in [-0.15, -0.1) is 0 Å². The zero-order chi connectivity index (χ0) is 7.33. The smallest absolute Gasteiger partial charge is 0.0671 e. The van der Waals surface area contributed by atoms with Crippen LogP contribution >= 0.6 is 0 Å². The van der Waals surface area contributed by atoms with Crippen molar-refractivity contribution in [2.45, 2.75) is 45.6 Å². The van der Waals surface area contributed by atoms with Crippen LogP contribution in [0.5, 0.6) is 0 Å². The van der Waals surface area contributed by atoms with Gasteiger partial charge in [0.1, 0.15) is 0 Å². The fourth-order valence-corrected chi connectivity index (χ4v) is 1.18. The lowest BCUT2D eigenvalue weighted by Gasteiger charge is -2.28. The molecular formula is C8H18O. The molecule has 9 heavy (non-hydrogen) atoms. The Labute approximate surface area is 58.4 Å². The Bertz CT molecular complexity index is 47.5. The SMILES string of the molecule is CCC(CC)(CC)OC. The Morgan fingerprint density at radius 2 is 1.33 bits per heavy atom. The first kappa shape index (κ1) is 8.96. The minimum absolute atomic E-state index is 0.167. The molecule has 0 amide bonds. The van der Waals surface area contributed by atoms with E-state index in [1.54, 1.807) is 7.11 Å². The zero-order valence-electron chi connectivity index (χ0n) is 7.03. The van der Waals surface area contributed by atoms with E-state index in [-0.39, 0.29) is 5.60 Å². The predicted octanol–water partition coefficient (Wildman–Crippen LogP) is 2.60. The van der Waals surface area contributed by atoms with E-state index in [9.17, 15) is 0 Å². The Morgan fingerprint density at radius 3 is 1.33 bits per heavy atom. The minimum atomic E-state index is 0.167. The van der Waals surface area contributed by atoms with Crippen LogP contribution in [0.3, 0.4) is 0 Å². The molecule has 0 saturated carbocycles. The van der Waals surface area contributed by atoms with Crippen molar-refractivity contribution in [3.8, 4) is 0 Å². The Hall–Kier alpha value is -0.0400. The predicted molar refractivity (Wildman–Crippen MR) is 40.6 cm³/mol. The molecule has 0 aromatic rings. The average molecular weight is 130 g/mol. The van der Waals surface area contributed by atoms with Crippen LogP contribution in [0, 0.1) is 0 Å². The van der Waals surface area contributed by atoms with Gasteiger partial charge < -0.3 is 4.74 Å². The highest BCUT2D eigenvalue weighted by Crippen LogP contribution is 2.22. The van der Waals surface area contributed by atoms with Gasteiger partial charge in [0, 0.05) is 7.11 Å². The summed E-state index contributed by atoms with van der Waals surface area (Å²) in [6, 6.07) is 0. The third-order valence-corrected chi connectivity index (χ3v) is 2.37. The summed E-state index contributed by atoms with van der Waals surface area (Å²) >= 11 is 0. The van der Waals surface area contributed by atoms with Crippen LogP contribution in [0.1, 0.15) is 40.0 Å². The van der Waals surface area contributed by atoms with E-state index in [1.165, 1.54) is 0 Å². The van der Waals surface area contributed by atoms with E-state index in [4.69, 9.17) is 4.74 Å². The van der Waals surface area contributed by atoms with Crippen LogP contribution in [0.2, 0.25) is 0 Å². The van der Waals surface area contributed by atoms with Crippen LogP contribution in [-0.4, -0.2) is 12.7 Å². The summed E-state index contributed by atoms with van der Waals surface area (Å²) in [5.74, 6) is 0. The molecule has 1 heteroatoms. The molecule has 0 atom stereocenters. The molecule has 0 bridgehead atoms. The lowest BCUT2D eigenvalue weighted by atomic mass is 9.94. The number of hydrogen-bond donors (Lipinski definition) is 0. The number of hydrogen-bond acceptors (Lipinski definition) is 1. The van der Waals surface area contributed by atoms with Crippen LogP contribution in [0.4, 0.5) is 0 Å². The fourth-order valence-electron chi connectivity index (χ4n) is 1.18. The van der Waals surface area contributed by atoms with Crippen molar-refractivity contribution in [1.82, 2.24) is 0 Å². The maximum atomic E-state index is 5.39. The summed E-state index contributed by atoms with van der Waals surface area (Å²) in [7, 11) is 1.80. The third kappa shape index (κ3) is 1.98. The Balaban J connectivity index is 3.82. The Kier molecular flexibility index (Phi) is 3.87. The minimum Gasteiger partial charge on any atom is -0.378 e. The molecule has 0 spiro atoms. The molecule has 0 fully saturated rings. The van der Waals surface area contributed by atoms with Gasteiger partial charge in [0.15, 0.2) is 0 Å². The molecule has 0 saturated heterocycles. The number of rotatable bonds is 4. The molecule has 0 aliphatic carbocycles. The molecule has 0 heterocycles. The van der Waals surface area contributed by atoms with Gasteiger partial charge in [0.25, 0.3) is 0 Å². The van der Waals surface area contributed by atoms with Gasteiger partial charge in [-0.25, -0.2) is 0 Å². The summed E-state index contributed by atoms with van der Waals surface area (Å²) in [6.07, 6.45) is 3.36. The maximum absolute atomic E-state index is 5.39. The quantitative estimate of drug-likeness (QED) is 0.568. The van der Waals surface area contributed by atoms with E-state index in [0.29, 0.717) is 0 Å². The van der Waals surface area contributed by atoms with Crippen molar-refractivity contribution in [3.05, 3.63) is 0 Å². The molecule has 0 aliphatic heterocycles. The van der Waals surface area contributed by atoms with Crippen LogP contribution < -0.4 is 0 Å². The van der Waals surface area contributed by atoms with Gasteiger partial charge in [0.05, 0.1) is 5.60 Å². The summed E-state index contributed by atoms with van der Waals surface area (Å²) in [4.78, 5) is 0. The highest BCUT2D eigenvalue weighted by molar-refractivity contribution is 4.74. The van der Waals surface area contributed by atoms with E-state index >= 15 is 0 Å². The molecule has 0 radical (unpaired) electrons. The van der Waals surface area contributed by atoms with Crippen molar-refractivity contribution in [2.24, 2.45) is 0 Å². The average Bonchev–Trinajstić information content (AvgIpc) is 1.95. The summed E-state index contributed by atoms with van der Waals surface area (Å²) in [6.45, 7) is 6.53. The first-order chi connectivity index (χ1) is 4.24.